The standard InChI is InChI=1S/C7H12N4/c1-11(10)7-3-2-5(8)4-6(7)9/h2-4H,8-10H2,1H3. The number of rotatable bonds is 1. The number of nitrogens with zero attached hydrogens (tertiary/aromatic N) is 1. The molecule has 0 aromatic heterocycles. The summed E-state index contributed by atoms with van der Waals surface area (Å²) in [7, 11) is 1.72. The second-order valence-electron chi connectivity index (χ2n) is 2.43. The third-order valence-corrected chi connectivity index (χ3v) is 1.43. The smallest absolute Gasteiger partial charge is 0.0744 e. The number of benzene rings is 1. The van der Waals surface area contributed by atoms with E-state index in [0.29, 0.717) is 11.4 Å². The number of hydrazine groups is 1. The molecule has 4 heteroatoms. The molecule has 1 aromatic carbocycles. The van der Waals surface area contributed by atoms with Crippen molar-refractivity contribution in [2.75, 3.05) is 23.5 Å². The first-order chi connectivity index (χ1) is 5.11. The molecule has 0 fully saturated rings. The fraction of sp³-hybridized carbons (Fsp3) is 0.143. The zero-order valence-corrected chi connectivity index (χ0v) is 6.41. The molecule has 1 rings (SSSR count). The van der Waals surface area contributed by atoms with Gasteiger partial charge >= 0.3 is 0 Å². The lowest BCUT2D eigenvalue weighted by molar-refractivity contribution is 1.02. The second-order valence-corrected chi connectivity index (χ2v) is 2.43. The Balaban J connectivity index is 3.09. The van der Waals surface area contributed by atoms with Crippen molar-refractivity contribution in [3.8, 4) is 0 Å². The summed E-state index contributed by atoms with van der Waals surface area (Å²) >= 11 is 0. The summed E-state index contributed by atoms with van der Waals surface area (Å²) in [6, 6.07) is 5.22. The molecule has 6 N–H and O–H groups in total. The number of nitrogens with two attached hydrogens (primary N) is 3. The normalized spacial score (nSPS) is 9.64. The van der Waals surface area contributed by atoms with Gasteiger partial charge in [0.25, 0.3) is 0 Å². The van der Waals surface area contributed by atoms with Crippen LogP contribution in [0, 0.1) is 0 Å². The Morgan fingerprint density at radius 1 is 1.27 bits per heavy atom. The molecule has 0 bridgehead atoms. The molecule has 11 heavy (non-hydrogen) atoms. The van der Waals surface area contributed by atoms with Crippen molar-refractivity contribution in [1.82, 2.24) is 0 Å². The summed E-state index contributed by atoms with van der Waals surface area (Å²) in [5.74, 6) is 5.48. The van der Waals surface area contributed by atoms with Crippen LogP contribution >= 0.6 is 0 Å². The van der Waals surface area contributed by atoms with Gasteiger partial charge in [0.05, 0.1) is 11.4 Å². The van der Waals surface area contributed by atoms with E-state index in [0.717, 1.165) is 5.69 Å². The molecule has 0 aliphatic heterocycles. The molecule has 1 aromatic rings. The molecule has 0 amide bonds. The van der Waals surface area contributed by atoms with Crippen LogP contribution in [0.3, 0.4) is 0 Å². The monoisotopic (exact) mass is 152 g/mol. The van der Waals surface area contributed by atoms with E-state index >= 15 is 0 Å². The summed E-state index contributed by atoms with van der Waals surface area (Å²) in [5.41, 5.74) is 13.1. The Morgan fingerprint density at radius 2 is 1.91 bits per heavy atom. The highest BCUT2D eigenvalue weighted by Crippen LogP contribution is 2.21. The minimum Gasteiger partial charge on any atom is -0.399 e. The Morgan fingerprint density at radius 3 is 2.36 bits per heavy atom. The molecule has 60 valence electrons. The fourth-order valence-electron chi connectivity index (χ4n) is 0.894. The molecule has 0 saturated carbocycles. The van der Waals surface area contributed by atoms with Crippen molar-refractivity contribution < 1.29 is 0 Å². The molecular formula is C7H12N4. The van der Waals surface area contributed by atoms with Crippen LogP contribution in [0.4, 0.5) is 17.1 Å². The highest BCUT2D eigenvalue weighted by Gasteiger charge is 2.00. The van der Waals surface area contributed by atoms with Gasteiger partial charge in [-0.2, -0.15) is 0 Å². The van der Waals surface area contributed by atoms with Crippen LogP contribution in [-0.4, -0.2) is 7.05 Å². The lowest BCUT2D eigenvalue weighted by Gasteiger charge is -2.14. The van der Waals surface area contributed by atoms with Crippen LogP contribution in [0.1, 0.15) is 0 Å². The van der Waals surface area contributed by atoms with Crippen LogP contribution in [0.15, 0.2) is 18.2 Å². The highest BCUT2D eigenvalue weighted by atomic mass is 15.4. The molecular weight excluding hydrogens is 140 g/mol. The van der Waals surface area contributed by atoms with E-state index in [2.05, 4.69) is 0 Å². The van der Waals surface area contributed by atoms with Crippen molar-refractivity contribution in [2.45, 2.75) is 0 Å². The van der Waals surface area contributed by atoms with Crippen LogP contribution in [0.25, 0.3) is 0 Å². The molecule has 0 aliphatic carbocycles. The van der Waals surface area contributed by atoms with Crippen LogP contribution in [0.5, 0.6) is 0 Å². The maximum absolute atomic E-state index is 5.62. The second kappa shape index (κ2) is 2.67. The average molecular weight is 152 g/mol. The first-order valence-corrected chi connectivity index (χ1v) is 3.24. The summed E-state index contributed by atoms with van der Waals surface area (Å²) in [6.45, 7) is 0. The van der Waals surface area contributed by atoms with Gasteiger partial charge in [-0.05, 0) is 18.2 Å². The van der Waals surface area contributed by atoms with Gasteiger partial charge in [0.15, 0.2) is 0 Å². The molecule has 0 unspecified atom stereocenters. The average Bonchev–Trinajstić information content (AvgIpc) is 1.85. The van der Waals surface area contributed by atoms with E-state index in [1.807, 2.05) is 0 Å². The van der Waals surface area contributed by atoms with Crippen molar-refractivity contribution in [2.24, 2.45) is 5.84 Å². The van der Waals surface area contributed by atoms with Gasteiger partial charge in [0.2, 0.25) is 0 Å². The Hall–Kier alpha value is -1.42. The largest absolute Gasteiger partial charge is 0.399 e. The van der Waals surface area contributed by atoms with Gasteiger partial charge in [-0.3, -0.25) is 0 Å². The minimum atomic E-state index is 0.593. The van der Waals surface area contributed by atoms with Gasteiger partial charge in [-0.25, -0.2) is 5.84 Å². The molecule has 0 heterocycles. The van der Waals surface area contributed by atoms with Crippen molar-refractivity contribution in [1.29, 1.82) is 0 Å². The Kier molecular flexibility index (Phi) is 1.87. The summed E-state index contributed by atoms with van der Waals surface area (Å²) in [6.07, 6.45) is 0. The predicted molar refractivity (Wildman–Crippen MR) is 47.9 cm³/mol. The van der Waals surface area contributed by atoms with Crippen LogP contribution < -0.4 is 22.3 Å². The SMILES string of the molecule is CN(N)c1ccc(N)cc1N. The van der Waals surface area contributed by atoms with E-state index in [-0.39, 0.29) is 0 Å². The molecule has 4 nitrogen and oxygen atoms in total. The molecule has 0 aliphatic rings. The zero-order chi connectivity index (χ0) is 8.43. The minimum absolute atomic E-state index is 0.593. The van der Waals surface area contributed by atoms with Crippen molar-refractivity contribution in [3.63, 3.8) is 0 Å². The predicted octanol–water partition coefficient (Wildman–Crippen LogP) is 0.161. The Labute approximate surface area is 65.5 Å². The third kappa shape index (κ3) is 1.53. The first kappa shape index (κ1) is 7.68. The van der Waals surface area contributed by atoms with E-state index in [9.17, 15) is 0 Å². The van der Waals surface area contributed by atoms with Gasteiger partial charge in [-0.1, -0.05) is 0 Å². The lowest BCUT2D eigenvalue weighted by atomic mass is 10.2. The number of anilines is 3. The van der Waals surface area contributed by atoms with E-state index < -0.39 is 0 Å². The fourth-order valence-corrected chi connectivity index (χ4v) is 0.894. The summed E-state index contributed by atoms with van der Waals surface area (Å²) in [4.78, 5) is 0. The Bertz CT molecular complexity index is 257. The molecule has 0 saturated heterocycles. The maximum atomic E-state index is 5.62. The van der Waals surface area contributed by atoms with Crippen LogP contribution in [0.2, 0.25) is 0 Å². The quantitative estimate of drug-likeness (QED) is 0.304. The van der Waals surface area contributed by atoms with E-state index in [4.69, 9.17) is 17.3 Å². The van der Waals surface area contributed by atoms with Gasteiger partial charge < -0.3 is 16.5 Å². The maximum Gasteiger partial charge on any atom is 0.0744 e. The molecule has 0 atom stereocenters. The lowest BCUT2D eigenvalue weighted by Crippen LogP contribution is -2.25. The summed E-state index contributed by atoms with van der Waals surface area (Å²) < 4.78 is 0. The van der Waals surface area contributed by atoms with Gasteiger partial charge in [0.1, 0.15) is 0 Å². The number of nitrogen functional groups attached to an aromatic ring is 2. The van der Waals surface area contributed by atoms with E-state index in [1.54, 1.807) is 25.2 Å². The van der Waals surface area contributed by atoms with E-state index in [1.165, 1.54) is 5.01 Å². The topological polar surface area (TPSA) is 81.3 Å². The van der Waals surface area contributed by atoms with Gasteiger partial charge in [0, 0.05) is 12.7 Å². The van der Waals surface area contributed by atoms with Crippen molar-refractivity contribution >= 4 is 17.1 Å². The third-order valence-electron chi connectivity index (χ3n) is 1.43. The molecule has 0 radical (unpaired) electrons. The van der Waals surface area contributed by atoms with Gasteiger partial charge in [-0.15, -0.1) is 0 Å². The summed E-state index contributed by atoms with van der Waals surface area (Å²) in [5, 5.41) is 1.45. The number of hydrogen-bond donors (Lipinski definition) is 3. The number of hydrogen-bond acceptors (Lipinski definition) is 4. The first-order valence-electron chi connectivity index (χ1n) is 3.24. The van der Waals surface area contributed by atoms with Crippen LogP contribution in [-0.2, 0) is 0 Å². The van der Waals surface area contributed by atoms with Crippen molar-refractivity contribution in [3.05, 3.63) is 18.2 Å². The zero-order valence-electron chi connectivity index (χ0n) is 6.41. The highest BCUT2D eigenvalue weighted by molar-refractivity contribution is 5.70. The molecule has 0 spiro atoms.